The molecule has 3 aromatic rings. The van der Waals surface area contributed by atoms with E-state index in [-0.39, 0.29) is 42.6 Å². The highest BCUT2D eigenvalue weighted by molar-refractivity contribution is 6.00. The number of Topliss-reactive ketones (excluding diaryl/α,β-unsaturated/α-hetero) is 2. The van der Waals surface area contributed by atoms with Crippen LogP contribution in [0.5, 0.6) is 0 Å². The highest BCUT2D eigenvalue weighted by Crippen LogP contribution is 2.31. The van der Waals surface area contributed by atoms with Crippen LogP contribution in [0, 0.1) is 11.8 Å². The van der Waals surface area contributed by atoms with Gasteiger partial charge in [0.25, 0.3) is 5.91 Å². The van der Waals surface area contributed by atoms with Crippen molar-refractivity contribution in [3.05, 3.63) is 101 Å². The van der Waals surface area contributed by atoms with E-state index in [2.05, 4.69) is 15.6 Å². The number of carbonyl (C=O) groups is 4. The van der Waals surface area contributed by atoms with Crippen LogP contribution >= 0.6 is 0 Å². The van der Waals surface area contributed by atoms with E-state index in [1.54, 1.807) is 48.8 Å². The molecule has 2 fully saturated rings. The normalized spacial score (nSPS) is 20.4. The smallest absolute Gasteiger partial charge is 0.366 e. The molecule has 4 atom stereocenters. The zero-order chi connectivity index (χ0) is 29.6. The first kappa shape index (κ1) is 29.6. The van der Waals surface area contributed by atoms with Crippen LogP contribution in [0.15, 0.2) is 79.1 Å². The van der Waals surface area contributed by atoms with Gasteiger partial charge in [-0.05, 0) is 60.5 Å². The molecule has 214 valence electrons. The molecule has 0 radical (unpaired) electrons. The van der Waals surface area contributed by atoms with Crippen molar-refractivity contribution in [1.82, 2.24) is 15.6 Å². The summed E-state index contributed by atoms with van der Waals surface area (Å²) >= 11 is 0. The maximum Gasteiger partial charge on any atom is 0.416 e. The molecule has 9 nitrogen and oxygen atoms in total. The first-order chi connectivity index (χ1) is 19.5. The summed E-state index contributed by atoms with van der Waals surface area (Å²) < 4.78 is 43.7. The number of halogens is 3. The third kappa shape index (κ3) is 7.41. The number of hydrogen-bond acceptors (Lipinski definition) is 7. The number of alkyl halides is 3. The number of ketones is 2. The molecule has 12 heteroatoms. The van der Waals surface area contributed by atoms with Gasteiger partial charge in [0, 0.05) is 36.0 Å². The van der Waals surface area contributed by atoms with Crippen molar-refractivity contribution in [2.45, 2.75) is 24.9 Å². The summed E-state index contributed by atoms with van der Waals surface area (Å²) in [6, 6.07) is 14.9. The number of nitrogens with two attached hydrogens (primary N) is 1. The van der Waals surface area contributed by atoms with Crippen LogP contribution in [-0.2, 0) is 26.9 Å². The van der Waals surface area contributed by atoms with Gasteiger partial charge in [-0.1, -0.05) is 18.2 Å². The largest absolute Gasteiger partial charge is 0.416 e. The van der Waals surface area contributed by atoms with Crippen LogP contribution in [0.3, 0.4) is 0 Å². The lowest BCUT2D eigenvalue weighted by molar-refractivity contribution is -0.137. The molecule has 0 saturated carbocycles. The molecule has 2 aliphatic rings. The minimum absolute atomic E-state index is 0.00627. The average Bonchev–Trinajstić information content (AvgIpc) is 3.56. The van der Waals surface area contributed by atoms with Crippen molar-refractivity contribution < 1.29 is 37.1 Å². The SMILES string of the molecule is NC(=O)c1ccccc1.O=C(NC(Cc1ccncc1)C(=O)C1CNC2OCC(=O)C21)c1ccc(C(F)(F)F)cc1. The summed E-state index contributed by atoms with van der Waals surface area (Å²) in [5, 5.41) is 5.65. The van der Waals surface area contributed by atoms with Crippen molar-refractivity contribution in [2.75, 3.05) is 13.2 Å². The predicted molar refractivity (Wildman–Crippen MR) is 140 cm³/mol. The van der Waals surface area contributed by atoms with Crippen molar-refractivity contribution in [3.8, 4) is 0 Å². The Balaban J connectivity index is 0.000000367. The Hall–Kier alpha value is -4.42. The van der Waals surface area contributed by atoms with Gasteiger partial charge in [-0.15, -0.1) is 0 Å². The topological polar surface area (TPSA) is 140 Å². The van der Waals surface area contributed by atoms with Crippen LogP contribution in [-0.4, -0.2) is 53.8 Å². The predicted octanol–water partition coefficient (Wildman–Crippen LogP) is 2.56. The fourth-order valence-corrected chi connectivity index (χ4v) is 4.70. The van der Waals surface area contributed by atoms with Gasteiger partial charge in [0.2, 0.25) is 5.91 Å². The first-order valence-corrected chi connectivity index (χ1v) is 12.7. The molecule has 2 aromatic carbocycles. The van der Waals surface area contributed by atoms with Gasteiger partial charge in [-0.25, -0.2) is 0 Å². The molecule has 2 saturated heterocycles. The molecule has 2 aliphatic heterocycles. The van der Waals surface area contributed by atoms with E-state index in [1.807, 2.05) is 6.07 Å². The molecule has 0 spiro atoms. The van der Waals surface area contributed by atoms with Gasteiger partial charge in [-0.3, -0.25) is 29.5 Å². The number of carbonyl (C=O) groups excluding carboxylic acids is 4. The molecule has 41 heavy (non-hydrogen) atoms. The number of aromatic nitrogens is 1. The van der Waals surface area contributed by atoms with Crippen molar-refractivity contribution >= 4 is 23.4 Å². The molecule has 4 unspecified atom stereocenters. The van der Waals surface area contributed by atoms with E-state index in [4.69, 9.17) is 10.5 Å². The number of pyridine rings is 1. The maximum absolute atomic E-state index is 13.4. The lowest BCUT2D eigenvalue weighted by Crippen LogP contribution is -2.47. The first-order valence-electron chi connectivity index (χ1n) is 12.7. The maximum atomic E-state index is 13.4. The summed E-state index contributed by atoms with van der Waals surface area (Å²) in [5.74, 6) is -2.85. The number of nitrogens with zero attached hydrogens (tertiary/aromatic N) is 1. The minimum atomic E-state index is -4.52. The second-order valence-electron chi connectivity index (χ2n) is 9.53. The standard InChI is InChI=1S/C22H20F3N3O4.C7H7NO/c23-22(24,25)14-3-1-13(2-4-14)20(31)28-16(9-12-5-7-26-8-6-12)19(30)15-10-27-21-18(15)17(29)11-32-21;8-7(9)6-4-2-1-3-5-6/h1-8,15-16,18,21,27H,9-11H2,(H,28,31);1-5H,(H2,8,9). The summed E-state index contributed by atoms with van der Waals surface area (Å²) in [5.41, 5.74) is 5.39. The third-order valence-electron chi connectivity index (χ3n) is 6.81. The van der Waals surface area contributed by atoms with Crippen molar-refractivity contribution in [1.29, 1.82) is 0 Å². The van der Waals surface area contributed by atoms with Gasteiger partial charge in [-0.2, -0.15) is 13.2 Å². The Bertz CT molecular complexity index is 1390. The molecular weight excluding hydrogens is 541 g/mol. The molecular formula is C29H27F3N4O5. The molecule has 2 amide bonds. The fourth-order valence-electron chi connectivity index (χ4n) is 4.70. The lowest BCUT2D eigenvalue weighted by atomic mass is 9.84. The van der Waals surface area contributed by atoms with E-state index in [9.17, 15) is 32.3 Å². The van der Waals surface area contributed by atoms with Crippen molar-refractivity contribution in [2.24, 2.45) is 17.6 Å². The summed E-state index contributed by atoms with van der Waals surface area (Å²) in [6.45, 7) is 0.169. The molecule has 0 aliphatic carbocycles. The van der Waals surface area contributed by atoms with E-state index in [1.165, 1.54) is 0 Å². The van der Waals surface area contributed by atoms with Crippen LogP contribution in [0.4, 0.5) is 13.2 Å². The number of fused-ring (bicyclic) bond motifs is 1. The summed E-state index contributed by atoms with van der Waals surface area (Å²) in [6.07, 6.45) is -1.79. The Morgan fingerprint density at radius 2 is 1.66 bits per heavy atom. The Morgan fingerprint density at radius 3 is 2.24 bits per heavy atom. The van der Waals surface area contributed by atoms with Crippen LogP contribution in [0.2, 0.25) is 0 Å². The minimum Gasteiger partial charge on any atom is -0.366 e. The molecule has 3 heterocycles. The van der Waals surface area contributed by atoms with Crippen LogP contribution in [0.25, 0.3) is 0 Å². The van der Waals surface area contributed by atoms with Gasteiger partial charge >= 0.3 is 6.18 Å². The van der Waals surface area contributed by atoms with Crippen LogP contribution < -0.4 is 16.4 Å². The van der Waals surface area contributed by atoms with E-state index < -0.39 is 41.8 Å². The monoisotopic (exact) mass is 568 g/mol. The van der Waals surface area contributed by atoms with Crippen LogP contribution in [0.1, 0.15) is 31.8 Å². The number of hydrogen-bond donors (Lipinski definition) is 3. The summed E-state index contributed by atoms with van der Waals surface area (Å²) in [4.78, 5) is 52.7. The van der Waals surface area contributed by atoms with Gasteiger partial charge in [0.15, 0.2) is 11.6 Å². The third-order valence-corrected chi connectivity index (χ3v) is 6.81. The van der Waals surface area contributed by atoms with Gasteiger partial charge in [0.05, 0.1) is 17.5 Å². The fraction of sp³-hybridized carbons (Fsp3) is 0.276. The highest BCUT2D eigenvalue weighted by atomic mass is 19.4. The van der Waals surface area contributed by atoms with E-state index in [0.29, 0.717) is 5.56 Å². The number of nitrogens with one attached hydrogen (secondary N) is 2. The number of rotatable bonds is 7. The van der Waals surface area contributed by atoms with Gasteiger partial charge < -0.3 is 15.8 Å². The number of benzene rings is 2. The second kappa shape index (κ2) is 12.8. The summed E-state index contributed by atoms with van der Waals surface area (Å²) in [7, 11) is 0. The molecule has 1 aromatic heterocycles. The molecule has 5 rings (SSSR count). The zero-order valence-electron chi connectivity index (χ0n) is 21.6. The second-order valence-corrected chi connectivity index (χ2v) is 9.53. The Morgan fingerprint density at radius 1 is 1.00 bits per heavy atom. The Kier molecular flexibility index (Phi) is 9.25. The highest BCUT2D eigenvalue weighted by Gasteiger charge is 2.50. The number of amides is 2. The average molecular weight is 569 g/mol. The number of ether oxygens (including phenoxy) is 1. The molecule has 4 N–H and O–H groups in total. The van der Waals surface area contributed by atoms with Crippen molar-refractivity contribution in [3.63, 3.8) is 0 Å². The molecule has 0 bridgehead atoms. The zero-order valence-corrected chi connectivity index (χ0v) is 21.6. The van der Waals surface area contributed by atoms with E-state index in [0.717, 1.165) is 29.8 Å². The lowest BCUT2D eigenvalue weighted by Gasteiger charge is -2.23. The Labute approximate surface area is 233 Å². The van der Waals surface area contributed by atoms with Gasteiger partial charge in [0.1, 0.15) is 12.8 Å². The quantitative estimate of drug-likeness (QED) is 0.398. The number of primary amides is 1. The van der Waals surface area contributed by atoms with E-state index >= 15 is 0 Å².